The first-order valence-corrected chi connectivity index (χ1v) is 13.0. The Morgan fingerprint density at radius 1 is 1.00 bits per heavy atom. The number of amides is 1. The van der Waals surface area contributed by atoms with Crippen LogP contribution in [0.25, 0.3) is 0 Å². The Labute approximate surface area is 196 Å². The quantitative estimate of drug-likeness (QED) is 0.672. The molecule has 2 aromatic carbocycles. The van der Waals surface area contributed by atoms with Crippen LogP contribution < -0.4 is 14.5 Å². The van der Waals surface area contributed by atoms with Gasteiger partial charge in [-0.2, -0.15) is 4.31 Å². The number of rotatable bonds is 5. The van der Waals surface area contributed by atoms with Gasteiger partial charge in [-0.3, -0.25) is 4.79 Å². The smallest absolute Gasteiger partial charge is 0.243 e. The zero-order chi connectivity index (χ0) is 23.4. The summed E-state index contributed by atoms with van der Waals surface area (Å²) < 4.78 is 34.0. The fourth-order valence-electron chi connectivity index (χ4n) is 4.98. The molecule has 8 heteroatoms. The fraction of sp³-hybridized carbons (Fsp3) is 0.480. The van der Waals surface area contributed by atoms with Crippen molar-refractivity contribution in [3.8, 4) is 5.75 Å². The molecule has 0 bridgehead atoms. The number of nitrogens with zero attached hydrogens (tertiary/aromatic N) is 3. The SMILES string of the molecule is COc1ccccc1N1CCN(S(=O)(=O)c2ccc3c(c2)C(C)(C)CN3C(=O)C2CC2)CC1. The normalized spacial score (nSPS) is 20.6. The van der Waals surface area contributed by atoms with Gasteiger partial charge in [-0.1, -0.05) is 26.0 Å². The van der Waals surface area contributed by atoms with Crippen LogP contribution in [0.4, 0.5) is 11.4 Å². The molecule has 0 N–H and O–H groups in total. The topological polar surface area (TPSA) is 70.2 Å². The second kappa shape index (κ2) is 8.02. The van der Waals surface area contributed by atoms with E-state index in [-0.39, 0.29) is 17.2 Å². The number of para-hydroxylation sites is 2. The van der Waals surface area contributed by atoms with E-state index in [2.05, 4.69) is 18.7 Å². The van der Waals surface area contributed by atoms with E-state index in [0.717, 1.165) is 35.5 Å². The monoisotopic (exact) mass is 469 g/mol. The third-order valence-corrected chi connectivity index (χ3v) is 8.93. The van der Waals surface area contributed by atoms with Crippen molar-refractivity contribution in [2.24, 2.45) is 5.92 Å². The number of hydrogen-bond acceptors (Lipinski definition) is 5. The number of sulfonamides is 1. The van der Waals surface area contributed by atoms with Crippen LogP contribution in [0, 0.1) is 5.92 Å². The molecule has 1 saturated carbocycles. The third-order valence-electron chi connectivity index (χ3n) is 7.04. The van der Waals surface area contributed by atoms with Crippen LogP contribution in [0.5, 0.6) is 5.75 Å². The average Bonchev–Trinajstić information content (AvgIpc) is 3.63. The Balaban J connectivity index is 1.36. The van der Waals surface area contributed by atoms with Crippen molar-refractivity contribution in [2.45, 2.75) is 37.0 Å². The molecule has 2 fully saturated rings. The first-order chi connectivity index (χ1) is 15.7. The number of methoxy groups -OCH3 is 1. The molecule has 0 spiro atoms. The highest BCUT2D eigenvalue weighted by molar-refractivity contribution is 7.89. The molecule has 33 heavy (non-hydrogen) atoms. The molecule has 0 radical (unpaired) electrons. The lowest BCUT2D eigenvalue weighted by atomic mass is 9.87. The standard InChI is InChI=1S/C25H31N3O4S/c1-25(2)17-28(24(29)18-8-9-18)21-11-10-19(16-20(21)25)33(30,31)27-14-12-26(13-15-27)22-6-4-5-7-23(22)32-3/h4-7,10-11,16,18H,8-9,12-15,17H2,1-3H3. The summed E-state index contributed by atoms with van der Waals surface area (Å²) in [5.41, 5.74) is 2.49. The van der Waals surface area contributed by atoms with Gasteiger partial charge in [0.1, 0.15) is 5.75 Å². The van der Waals surface area contributed by atoms with Gasteiger partial charge in [0, 0.05) is 49.7 Å². The van der Waals surface area contributed by atoms with Gasteiger partial charge >= 0.3 is 0 Å². The lowest BCUT2D eigenvalue weighted by molar-refractivity contribution is -0.119. The summed E-state index contributed by atoms with van der Waals surface area (Å²) in [4.78, 5) is 17.1. The van der Waals surface area contributed by atoms with Crippen LogP contribution in [-0.2, 0) is 20.2 Å². The summed E-state index contributed by atoms with van der Waals surface area (Å²) in [6, 6.07) is 13.1. The lowest BCUT2D eigenvalue weighted by Gasteiger charge is -2.36. The molecule has 0 atom stereocenters. The summed E-state index contributed by atoms with van der Waals surface area (Å²) in [5.74, 6) is 1.10. The number of piperazine rings is 1. The van der Waals surface area contributed by atoms with Crippen molar-refractivity contribution >= 4 is 27.3 Å². The van der Waals surface area contributed by atoms with E-state index >= 15 is 0 Å². The number of carbonyl (C=O) groups excluding carboxylic acids is 1. The maximum atomic E-state index is 13.5. The molecule has 2 heterocycles. The number of fused-ring (bicyclic) bond motifs is 1. The molecule has 0 unspecified atom stereocenters. The summed E-state index contributed by atoms with van der Waals surface area (Å²) in [6.07, 6.45) is 1.91. The summed E-state index contributed by atoms with van der Waals surface area (Å²) in [5, 5.41) is 0. The minimum absolute atomic E-state index is 0.134. The van der Waals surface area contributed by atoms with Crippen LogP contribution in [-0.4, -0.2) is 58.5 Å². The molecular weight excluding hydrogens is 438 g/mol. The van der Waals surface area contributed by atoms with E-state index in [1.165, 1.54) is 0 Å². The molecule has 2 aliphatic heterocycles. The minimum atomic E-state index is -3.62. The predicted molar refractivity (Wildman–Crippen MR) is 129 cm³/mol. The number of hydrogen-bond donors (Lipinski definition) is 0. The molecule has 1 saturated heterocycles. The highest BCUT2D eigenvalue weighted by atomic mass is 32.2. The van der Waals surface area contributed by atoms with Crippen LogP contribution in [0.3, 0.4) is 0 Å². The van der Waals surface area contributed by atoms with Crippen molar-refractivity contribution < 1.29 is 17.9 Å². The Hall–Kier alpha value is -2.58. The highest BCUT2D eigenvalue weighted by Crippen LogP contribution is 2.44. The third kappa shape index (κ3) is 3.89. The lowest BCUT2D eigenvalue weighted by Crippen LogP contribution is -2.48. The van der Waals surface area contributed by atoms with Gasteiger partial charge < -0.3 is 14.5 Å². The molecule has 1 aliphatic carbocycles. The van der Waals surface area contributed by atoms with Crippen molar-refractivity contribution in [1.82, 2.24) is 4.31 Å². The van der Waals surface area contributed by atoms with E-state index < -0.39 is 10.0 Å². The van der Waals surface area contributed by atoms with Crippen molar-refractivity contribution in [3.05, 3.63) is 48.0 Å². The Morgan fingerprint density at radius 3 is 2.36 bits per heavy atom. The maximum absolute atomic E-state index is 13.5. The van der Waals surface area contributed by atoms with Gasteiger partial charge in [0.2, 0.25) is 15.9 Å². The Morgan fingerprint density at radius 2 is 1.70 bits per heavy atom. The van der Waals surface area contributed by atoms with Gasteiger partial charge in [0.05, 0.1) is 17.7 Å². The minimum Gasteiger partial charge on any atom is -0.495 e. The first-order valence-electron chi connectivity index (χ1n) is 11.6. The second-order valence-corrected chi connectivity index (χ2v) is 11.8. The molecule has 176 valence electrons. The van der Waals surface area contributed by atoms with Gasteiger partial charge in [-0.15, -0.1) is 0 Å². The summed E-state index contributed by atoms with van der Waals surface area (Å²) >= 11 is 0. The van der Waals surface area contributed by atoms with E-state index in [9.17, 15) is 13.2 Å². The zero-order valence-electron chi connectivity index (χ0n) is 19.5. The molecule has 2 aromatic rings. The summed E-state index contributed by atoms with van der Waals surface area (Å²) in [7, 11) is -1.98. The van der Waals surface area contributed by atoms with Gasteiger partial charge in [-0.25, -0.2) is 8.42 Å². The highest BCUT2D eigenvalue weighted by Gasteiger charge is 2.43. The van der Waals surface area contributed by atoms with Crippen LogP contribution in [0.15, 0.2) is 47.4 Å². The fourth-order valence-corrected chi connectivity index (χ4v) is 6.42. The number of benzene rings is 2. The van der Waals surface area contributed by atoms with E-state index in [1.807, 2.05) is 35.2 Å². The molecular formula is C25H31N3O4S. The molecule has 7 nitrogen and oxygen atoms in total. The second-order valence-electron chi connectivity index (χ2n) is 9.82. The van der Waals surface area contributed by atoms with Crippen LogP contribution >= 0.6 is 0 Å². The van der Waals surface area contributed by atoms with Gasteiger partial charge in [0.15, 0.2) is 0 Å². The maximum Gasteiger partial charge on any atom is 0.243 e. The van der Waals surface area contributed by atoms with Crippen molar-refractivity contribution in [3.63, 3.8) is 0 Å². The van der Waals surface area contributed by atoms with E-state index in [1.54, 1.807) is 23.5 Å². The van der Waals surface area contributed by atoms with Gasteiger partial charge in [-0.05, 0) is 48.7 Å². The Bertz CT molecular complexity index is 1180. The predicted octanol–water partition coefficient (Wildman–Crippen LogP) is 3.24. The Kier molecular flexibility index (Phi) is 5.40. The number of ether oxygens (including phenoxy) is 1. The first kappa shape index (κ1) is 22.2. The molecule has 5 rings (SSSR count). The van der Waals surface area contributed by atoms with Crippen LogP contribution in [0.1, 0.15) is 32.3 Å². The molecule has 3 aliphatic rings. The largest absolute Gasteiger partial charge is 0.495 e. The van der Waals surface area contributed by atoms with Crippen molar-refractivity contribution in [1.29, 1.82) is 0 Å². The average molecular weight is 470 g/mol. The van der Waals surface area contributed by atoms with Gasteiger partial charge in [0.25, 0.3) is 0 Å². The molecule has 1 amide bonds. The molecule has 0 aromatic heterocycles. The number of carbonyl (C=O) groups is 1. The van der Waals surface area contributed by atoms with E-state index in [4.69, 9.17) is 4.74 Å². The van der Waals surface area contributed by atoms with E-state index in [0.29, 0.717) is 37.6 Å². The van der Waals surface area contributed by atoms with Crippen molar-refractivity contribution in [2.75, 3.05) is 49.6 Å². The number of anilines is 2. The zero-order valence-corrected chi connectivity index (χ0v) is 20.3. The summed E-state index contributed by atoms with van der Waals surface area (Å²) in [6.45, 7) is 6.77. The van der Waals surface area contributed by atoms with Crippen LogP contribution in [0.2, 0.25) is 0 Å².